The molecule has 1 fully saturated rings. The second-order valence-electron chi connectivity index (χ2n) is 7.85. The number of rotatable bonds is 3. The summed E-state index contributed by atoms with van der Waals surface area (Å²) < 4.78 is 0. The van der Waals surface area contributed by atoms with Crippen LogP contribution in [0.1, 0.15) is 37.0 Å². The van der Waals surface area contributed by atoms with Gasteiger partial charge in [-0.1, -0.05) is 17.7 Å². The summed E-state index contributed by atoms with van der Waals surface area (Å²) in [6.07, 6.45) is 0. The lowest BCUT2D eigenvalue weighted by Crippen LogP contribution is -2.49. The quantitative estimate of drug-likeness (QED) is 0.871. The summed E-state index contributed by atoms with van der Waals surface area (Å²) in [6.45, 7) is 10.8. The normalized spacial score (nSPS) is 15.0. The minimum atomic E-state index is -0.170. The molecule has 0 spiro atoms. The van der Waals surface area contributed by atoms with Crippen LogP contribution in [0.15, 0.2) is 30.3 Å². The van der Waals surface area contributed by atoms with Gasteiger partial charge in [-0.2, -0.15) is 0 Å². The van der Waals surface area contributed by atoms with Crippen LogP contribution in [-0.4, -0.2) is 52.5 Å². The Balaban J connectivity index is 1.69. The van der Waals surface area contributed by atoms with E-state index >= 15 is 0 Å². The Hall–Kier alpha value is -2.34. The zero-order valence-electron chi connectivity index (χ0n) is 16.3. The Morgan fingerprint density at radius 3 is 2.44 bits per heavy atom. The van der Waals surface area contributed by atoms with Crippen molar-refractivity contribution in [3.63, 3.8) is 0 Å². The molecule has 1 amide bonds. The van der Waals surface area contributed by atoms with E-state index in [-0.39, 0.29) is 11.4 Å². The molecule has 1 saturated heterocycles. The van der Waals surface area contributed by atoms with Gasteiger partial charge in [-0.05, 0) is 52.0 Å². The van der Waals surface area contributed by atoms with Gasteiger partial charge in [0.05, 0.1) is 0 Å². The minimum absolute atomic E-state index is 0.0526. The number of aromatic nitrogens is 2. The van der Waals surface area contributed by atoms with Gasteiger partial charge >= 0.3 is 0 Å². The van der Waals surface area contributed by atoms with E-state index in [0.717, 1.165) is 29.5 Å². The first kappa shape index (κ1) is 19.4. The lowest BCUT2D eigenvalue weighted by molar-refractivity contribution is 0.0740. The van der Waals surface area contributed by atoms with Crippen LogP contribution in [-0.2, 0) is 0 Å². The average Bonchev–Trinajstić information content (AvgIpc) is 2.59. The molecule has 0 radical (unpaired) electrons. The van der Waals surface area contributed by atoms with Crippen molar-refractivity contribution in [3.05, 3.63) is 46.7 Å². The van der Waals surface area contributed by atoms with Crippen molar-refractivity contribution in [1.29, 1.82) is 0 Å². The maximum atomic E-state index is 12.9. The Morgan fingerprint density at radius 1 is 1.11 bits per heavy atom. The monoisotopic (exact) mass is 387 g/mol. The first-order valence-corrected chi connectivity index (χ1v) is 9.53. The highest BCUT2D eigenvalue weighted by atomic mass is 35.5. The van der Waals surface area contributed by atoms with E-state index in [1.807, 2.05) is 56.9 Å². The van der Waals surface area contributed by atoms with Crippen molar-refractivity contribution in [1.82, 2.24) is 14.9 Å². The Morgan fingerprint density at radius 2 is 1.81 bits per heavy atom. The van der Waals surface area contributed by atoms with Crippen LogP contribution >= 0.6 is 11.6 Å². The lowest BCUT2D eigenvalue weighted by atomic mass is 10.1. The summed E-state index contributed by atoms with van der Waals surface area (Å²) in [6, 6.07) is 9.56. The SMILES string of the molecule is Cc1cc(C(=O)N2CCN(c3cccc(Cl)c3)CC2)nc(NC(C)(C)C)n1. The zero-order valence-corrected chi connectivity index (χ0v) is 17.0. The van der Waals surface area contributed by atoms with Crippen molar-refractivity contribution in [2.45, 2.75) is 33.2 Å². The summed E-state index contributed by atoms with van der Waals surface area (Å²) >= 11 is 6.09. The van der Waals surface area contributed by atoms with E-state index in [4.69, 9.17) is 11.6 Å². The van der Waals surface area contributed by atoms with Gasteiger partial charge in [0, 0.05) is 48.1 Å². The maximum Gasteiger partial charge on any atom is 0.272 e. The molecule has 6 nitrogen and oxygen atoms in total. The third-order valence-electron chi connectivity index (χ3n) is 4.30. The molecular formula is C20H26ClN5O. The van der Waals surface area contributed by atoms with Crippen molar-refractivity contribution < 1.29 is 4.79 Å². The number of carbonyl (C=O) groups is 1. The van der Waals surface area contributed by atoms with E-state index in [1.54, 1.807) is 6.07 Å². The average molecular weight is 388 g/mol. The van der Waals surface area contributed by atoms with Crippen LogP contribution in [0.2, 0.25) is 5.02 Å². The van der Waals surface area contributed by atoms with Gasteiger partial charge in [0.2, 0.25) is 5.95 Å². The Labute approximate surface area is 165 Å². The number of amides is 1. The number of piperazine rings is 1. The first-order chi connectivity index (χ1) is 12.7. The van der Waals surface area contributed by atoms with Crippen LogP contribution in [0.3, 0.4) is 0 Å². The number of halogens is 1. The number of aryl methyl sites for hydroxylation is 1. The first-order valence-electron chi connectivity index (χ1n) is 9.15. The topological polar surface area (TPSA) is 61.4 Å². The van der Waals surface area contributed by atoms with Gasteiger partial charge < -0.3 is 15.1 Å². The van der Waals surface area contributed by atoms with E-state index in [9.17, 15) is 4.79 Å². The fourth-order valence-corrected chi connectivity index (χ4v) is 3.26. The van der Waals surface area contributed by atoms with Crippen LogP contribution in [0.5, 0.6) is 0 Å². The molecule has 27 heavy (non-hydrogen) atoms. The highest BCUT2D eigenvalue weighted by molar-refractivity contribution is 6.30. The maximum absolute atomic E-state index is 12.9. The molecule has 0 atom stereocenters. The molecule has 0 saturated carbocycles. The van der Waals surface area contributed by atoms with Crippen molar-refractivity contribution in [2.24, 2.45) is 0 Å². The number of anilines is 2. The zero-order chi connectivity index (χ0) is 19.6. The standard InChI is InChI=1S/C20H26ClN5O/c1-14-12-17(23-19(22-14)24-20(2,3)4)18(27)26-10-8-25(9-11-26)16-7-5-6-15(21)13-16/h5-7,12-13H,8-11H2,1-4H3,(H,22,23,24). The number of benzene rings is 1. The van der Waals surface area contributed by atoms with E-state index in [2.05, 4.69) is 20.2 Å². The molecule has 1 N–H and O–H groups in total. The molecule has 0 unspecified atom stereocenters. The van der Waals surface area contributed by atoms with Crippen LogP contribution < -0.4 is 10.2 Å². The molecule has 144 valence electrons. The smallest absolute Gasteiger partial charge is 0.272 e. The molecule has 0 aliphatic carbocycles. The van der Waals surface area contributed by atoms with Gasteiger partial charge in [-0.15, -0.1) is 0 Å². The molecule has 2 heterocycles. The summed E-state index contributed by atoms with van der Waals surface area (Å²) in [7, 11) is 0. The number of hydrogen-bond acceptors (Lipinski definition) is 5. The molecule has 0 bridgehead atoms. The second-order valence-corrected chi connectivity index (χ2v) is 8.29. The summed E-state index contributed by atoms with van der Waals surface area (Å²) in [5.41, 5.74) is 2.13. The number of nitrogens with one attached hydrogen (secondary N) is 1. The number of nitrogens with zero attached hydrogens (tertiary/aromatic N) is 4. The molecule has 2 aromatic rings. The molecular weight excluding hydrogens is 362 g/mol. The minimum Gasteiger partial charge on any atom is -0.368 e. The predicted molar refractivity (Wildman–Crippen MR) is 110 cm³/mol. The fourth-order valence-electron chi connectivity index (χ4n) is 3.07. The van der Waals surface area contributed by atoms with Gasteiger partial charge in [0.25, 0.3) is 5.91 Å². The summed E-state index contributed by atoms with van der Waals surface area (Å²) in [4.78, 5) is 25.9. The molecule has 1 aromatic carbocycles. The molecule has 1 aromatic heterocycles. The third kappa shape index (κ3) is 5.10. The number of hydrogen-bond donors (Lipinski definition) is 1. The molecule has 1 aliphatic heterocycles. The van der Waals surface area contributed by atoms with Crippen LogP contribution in [0.4, 0.5) is 11.6 Å². The van der Waals surface area contributed by atoms with E-state index < -0.39 is 0 Å². The molecule has 7 heteroatoms. The van der Waals surface area contributed by atoms with Gasteiger partial charge in [-0.3, -0.25) is 4.79 Å². The van der Waals surface area contributed by atoms with Crippen LogP contribution in [0.25, 0.3) is 0 Å². The molecule has 3 rings (SSSR count). The molecule has 1 aliphatic rings. The van der Waals surface area contributed by atoms with E-state index in [0.29, 0.717) is 24.7 Å². The summed E-state index contributed by atoms with van der Waals surface area (Å²) in [5, 5.41) is 3.96. The Kier molecular flexibility index (Phi) is 5.56. The predicted octanol–water partition coefficient (Wildman–Crippen LogP) is 3.61. The van der Waals surface area contributed by atoms with Gasteiger partial charge in [0.1, 0.15) is 5.69 Å². The highest BCUT2D eigenvalue weighted by Crippen LogP contribution is 2.21. The van der Waals surface area contributed by atoms with Crippen molar-refractivity contribution >= 4 is 29.1 Å². The van der Waals surface area contributed by atoms with Crippen molar-refractivity contribution in [2.75, 3.05) is 36.4 Å². The van der Waals surface area contributed by atoms with Crippen LogP contribution in [0, 0.1) is 6.92 Å². The third-order valence-corrected chi connectivity index (χ3v) is 4.54. The Bertz CT molecular complexity index is 825. The second kappa shape index (κ2) is 7.72. The van der Waals surface area contributed by atoms with Gasteiger partial charge in [-0.25, -0.2) is 9.97 Å². The van der Waals surface area contributed by atoms with Crippen molar-refractivity contribution in [3.8, 4) is 0 Å². The largest absolute Gasteiger partial charge is 0.368 e. The highest BCUT2D eigenvalue weighted by Gasteiger charge is 2.24. The van der Waals surface area contributed by atoms with Gasteiger partial charge in [0.15, 0.2) is 0 Å². The van der Waals surface area contributed by atoms with E-state index in [1.165, 1.54) is 0 Å². The number of carbonyl (C=O) groups excluding carboxylic acids is 1. The lowest BCUT2D eigenvalue weighted by Gasteiger charge is -2.36. The fraction of sp³-hybridized carbons (Fsp3) is 0.450. The summed E-state index contributed by atoms with van der Waals surface area (Å²) in [5.74, 6) is 0.437.